The molecule has 1 amide bonds. The summed E-state index contributed by atoms with van der Waals surface area (Å²) >= 11 is 3.45. The van der Waals surface area contributed by atoms with E-state index in [1.165, 1.54) is 0 Å². The first-order valence-corrected chi connectivity index (χ1v) is 10.6. The second-order valence-corrected chi connectivity index (χ2v) is 7.68. The average molecular weight is 362 g/mol. The van der Waals surface area contributed by atoms with Gasteiger partial charge in [0.15, 0.2) is 0 Å². The molecular weight excluding hydrogens is 338 g/mol. The van der Waals surface area contributed by atoms with Crippen LogP contribution in [0.1, 0.15) is 19.3 Å². The van der Waals surface area contributed by atoms with Crippen LogP contribution < -0.4 is 5.32 Å². The Hall–Kier alpha value is -1.37. The van der Waals surface area contributed by atoms with Crippen molar-refractivity contribution in [2.75, 3.05) is 30.4 Å². The molecule has 4 nitrogen and oxygen atoms in total. The van der Waals surface area contributed by atoms with E-state index in [-0.39, 0.29) is 11.9 Å². The van der Waals surface area contributed by atoms with Crippen LogP contribution >= 0.6 is 23.1 Å². The van der Waals surface area contributed by atoms with Crippen molar-refractivity contribution in [1.82, 2.24) is 9.88 Å². The Labute approximate surface area is 151 Å². The molecule has 24 heavy (non-hydrogen) atoms. The average Bonchev–Trinajstić information content (AvgIpc) is 3.27. The standard InChI is InChI=1S/C18H23N3OS2/c1-23-11-3-10-21-9-2-4-17(21)18(22)20-15-7-5-14(6-8-15)16-12-24-13-19-16/h5-8,12-13,17H,2-4,9-11H2,1H3,(H,20,22)/t17-/m0/s1. The highest BCUT2D eigenvalue weighted by Crippen LogP contribution is 2.23. The molecule has 1 fully saturated rings. The summed E-state index contributed by atoms with van der Waals surface area (Å²) in [6.07, 6.45) is 5.35. The number of thioether (sulfide) groups is 1. The Bertz CT molecular complexity index is 643. The van der Waals surface area contributed by atoms with Crippen LogP contribution in [0.4, 0.5) is 5.69 Å². The van der Waals surface area contributed by atoms with Gasteiger partial charge in [0.1, 0.15) is 0 Å². The van der Waals surface area contributed by atoms with Crippen molar-refractivity contribution in [2.24, 2.45) is 0 Å². The minimum atomic E-state index is 0.0186. The van der Waals surface area contributed by atoms with Crippen LogP contribution in [0.25, 0.3) is 11.3 Å². The number of likely N-dealkylation sites (tertiary alicyclic amines) is 1. The minimum absolute atomic E-state index is 0.0186. The molecule has 0 saturated carbocycles. The van der Waals surface area contributed by atoms with Crippen molar-refractivity contribution in [3.05, 3.63) is 35.2 Å². The van der Waals surface area contributed by atoms with Gasteiger partial charge in [0.25, 0.3) is 0 Å². The van der Waals surface area contributed by atoms with E-state index in [1.54, 1.807) is 11.3 Å². The topological polar surface area (TPSA) is 45.2 Å². The number of nitrogens with one attached hydrogen (secondary N) is 1. The second-order valence-electron chi connectivity index (χ2n) is 5.98. The van der Waals surface area contributed by atoms with E-state index in [2.05, 4.69) is 21.5 Å². The highest BCUT2D eigenvalue weighted by atomic mass is 32.2. The van der Waals surface area contributed by atoms with E-state index in [0.717, 1.165) is 55.0 Å². The van der Waals surface area contributed by atoms with Crippen molar-refractivity contribution in [1.29, 1.82) is 0 Å². The Morgan fingerprint density at radius 2 is 2.25 bits per heavy atom. The third-order valence-electron chi connectivity index (χ3n) is 4.34. The number of carbonyl (C=O) groups excluding carboxylic acids is 1. The van der Waals surface area contributed by atoms with E-state index < -0.39 is 0 Å². The van der Waals surface area contributed by atoms with E-state index in [1.807, 2.05) is 46.9 Å². The molecule has 0 bridgehead atoms. The lowest BCUT2D eigenvalue weighted by Gasteiger charge is -2.23. The zero-order valence-electron chi connectivity index (χ0n) is 13.9. The molecule has 1 aromatic carbocycles. The summed E-state index contributed by atoms with van der Waals surface area (Å²) in [5.41, 5.74) is 4.74. The van der Waals surface area contributed by atoms with Gasteiger partial charge in [-0.25, -0.2) is 4.98 Å². The molecule has 1 saturated heterocycles. The quantitative estimate of drug-likeness (QED) is 0.758. The van der Waals surface area contributed by atoms with Crippen molar-refractivity contribution < 1.29 is 4.79 Å². The van der Waals surface area contributed by atoms with Crippen LogP contribution in [0.15, 0.2) is 35.2 Å². The molecule has 2 heterocycles. The molecule has 1 aromatic heterocycles. The minimum Gasteiger partial charge on any atom is -0.325 e. The second kappa shape index (κ2) is 8.65. The molecule has 2 aromatic rings. The van der Waals surface area contributed by atoms with E-state index in [4.69, 9.17) is 0 Å². The molecule has 1 aliphatic heterocycles. The maximum Gasteiger partial charge on any atom is 0.241 e. The Balaban J connectivity index is 1.57. The third-order valence-corrected chi connectivity index (χ3v) is 5.62. The molecule has 1 atom stereocenters. The molecule has 0 unspecified atom stereocenters. The lowest BCUT2D eigenvalue weighted by atomic mass is 10.1. The number of aromatic nitrogens is 1. The van der Waals surface area contributed by atoms with Gasteiger partial charge in [0.05, 0.1) is 17.2 Å². The smallest absolute Gasteiger partial charge is 0.241 e. The van der Waals surface area contributed by atoms with Crippen LogP contribution in [0.2, 0.25) is 0 Å². The number of hydrogen-bond donors (Lipinski definition) is 1. The first-order valence-electron chi connectivity index (χ1n) is 8.30. The van der Waals surface area contributed by atoms with Crippen molar-refractivity contribution >= 4 is 34.7 Å². The van der Waals surface area contributed by atoms with Crippen LogP contribution in [0, 0.1) is 0 Å². The number of amides is 1. The summed E-state index contributed by atoms with van der Waals surface area (Å²) in [4.78, 5) is 19.2. The molecule has 0 aliphatic carbocycles. The SMILES string of the molecule is CSCCCN1CCC[C@H]1C(=O)Nc1ccc(-c2cscn2)cc1. The first-order chi connectivity index (χ1) is 11.8. The predicted molar refractivity (Wildman–Crippen MR) is 104 cm³/mol. The Morgan fingerprint density at radius 1 is 1.42 bits per heavy atom. The van der Waals surface area contributed by atoms with Crippen LogP contribution in [-0.2, 0) is 4.79 Å². The summed E-state index contributed by atoms with van der Waals surface area (Å²) in [7, 11) is 0. The molecule has 6 heteroatoms. The van der Waals surface area contributed by atoms with Gasteiger partial charge in [0.2, 0.25) is 5.91 Å². The maximum atomic E-state index is 12.6. The largest absolute Gasteiger partial charge is 0.325 e. The van der Waals surface area contributed by atoms with E-state index >= 15 is 0 Å². The Morgan fingerprint density at radius 3 is 2.96 bits per heavy atom. The molecule has 0 radical (unpaired) electrons. The summed E-state index contributed by atoms with van der Waals surface area (Å²) < 4.78 is 0. The number of nitrogens with zero attached hydrogens (tertiary/aromatic N) is 2. The summed E-state index contributed by atoms with van der Waals surface area (Å²) in [6.45, 7) is 2.05. The van der Waals surface area contributed by atoms with Crippen molar-refractivity contribution in [2.45, 2.75) is 25.3 Å². The number of anilines is 1. The predicted octanol–water partition coefficient (Wildman–Crippen LogP) is 3.97. The molecule has 0 spiro atoms. The van der Waals surface area contributed by atoms with Crippen LogP contribution in [-0.4, -0.2) is 46.9 Å². The van der Waals surface area contributed by atoms with Gasteiger partial charge in [0, 0.05) is 16.6 Å². The Kier molecular flexibility index (Phi) is 6.29. The van der Waals surface area contributed by atoms with Gasteiger partial charge in [-0.2, -0.15) is 11.8 Å². The normalized spacial score (nSPS) is 18.0. The zero-order valence-corrected chi connectivity index (χ0v) is 15.5. The van der Waals surface area contributed by atoms with Crippen LogP contribution in [0.3, 0.4) is 0 Å². The zero-order chi connectivity index (χ0) is 16.8. The van der Waals surface area contributed by atoms with Gasteiger partial charge in [-0.1, -0.05) is 12.1 Å². The molecule has 1 aliphatic rings. The lowest BCUT2D eigenvalue weighted by Crippen LogP contribution is -2.40. The molecular formula is C18H23N3OS2. The summed E-state index contributed by atoms with van der Waals surface area (Å²) in [5, 5.41) is 5.10. The monoisotopic (exact) mass is 361 g/mol. The maximum absolute atomic E-state index is 12.6. The van der Waals surface area contributed by atoms with Gasteiger partial charge in [-0.15, -0.1) is 11.3 Å². The third kappa shape index (κ3) is 4.37. The van der Waals surface area contributed by atoms with E-state index in [0.29, 0.717) is 0 Å². The number of thiazole rings is 1. The highest BCUT2D eigenvalue weighted by molar-refractivity contribution is 7.98. The number of carbonyl (C=O) groups is 1. The summed E-state index contributed by atoms with van der Waals surface area (Å²) in [5.74, 6) is 1.28. The summed E-state index contributed by atoms with van der Waals surface area (Å²) in [6, 6.07) is 7.95. The fourth-order valence-electron chi connectivity index (χ4n) is 3.11. The first kappa shape index (κ1) is 17.5. The van der Waals surface area contributed by atoms with Crippen LogP contribution in [0.5, 0.6) is 0 Å². The van der Waals surface area contributed by atoms with Gasteiger partial charge < -0.3 is 5.32 Å². The number of hydrogen-bond acceptors (Lipinski definition) is 5. The van der Waals surface area contributed by atoms with E-state index in [9.17, 15) is 4.79 Å². The molecule has 1 N–H and O–H groups in total. The number of benzene rings is 1. The number of rotatable bonds is 7. The fraction of sp³-hybridized carbons (Fsp3) is 0.444. The lowest BCUT2D eigenvalue weighted by molar-refractivity contribution is -0.120. The highest BCUT2D eigenvalue weighted by Gasteiger charge is 2.30. The van der Waals surface area contributed by atoms with Crippen molar-refractivity contribution in [3.63, 3.8) is 0 Å². The molecule has 3 rings (SSSR count). The van der Waals surface area contributed by atoms with Gasteiger partial charge in [-0.3, -0.25) is 9.69 Å². The van der Waals surface area contributed by atoms with Gasteiger partial charge >= 0.3 is 0 Å². The fourth-order valence-corrected chi connectivity index (χ4v) is 4.09. The molecule has 128 valence electrons. The van der Waals surface area contributed by atoms with Gasteiger partial charge in [-0.05, 0) is 56.5 Å². The van der Waals surface area contributed by atoms with Crippen molar-refractivity contribution in [3.8, 4) is 11.3 Å².